The summed E-state index contributed by atoms with van der Waals surface area (Å²) in [6, 6.07) is 10.9. The molecule has 2 rings (SSSR count). The second kappa shape index (κ2) is 9.56. The van der Waals surface area contributed by atoms with Crippen LogP contribution in [0.25, 0.3) is 6.08 Å². The fraction of sp³-hybridized carbons (Fsp3) is 0.0952. The maximum absolute atomic E-state index is 11.7. The summed E-state index contributed by atoms with van der Waals surface area (Å²) in [6.45, 7) is 2.14. The van der Waals surface area contributed by atoms with Gasteiger partial charge in [-0.05, 0) is 67.3 Å². The first-order valence-electron chi connectivity index (χ1n) is 7.35. The maximum Gasteiger partial charge on any atom is 0.338 e. The Morgan fingerprint density at radius 3 is 2.58 bits per heavy atom. The van der Waals surface area contributed by atoms with Crippen LogP contribution in [0, 0.1) is 30.6 Å². The largest absolute Gasteiger partial charge is 0.465 e. The van der Waals surface area contributed by atoms with Crippen molar-refractivity contribution in [1.82, 2.24) is 0 Å². The van der Waals surface area contributed by atoms with Gasteiger partial charge in [-0.25, -0.2) is 4.79 Å². The molecule has 0 N–H and O–H groups in total. The van der Waals surface area contributed by atoms with Crippen LogP contribution in [-0.2, 0) is 4.74 Å². The molecule has 0 bridgehead atoms. The Morgan fingerprint density at radius 1 is 1.12 bits per heavy atom. The van der Waals surface area contributed by atoms with E-state index in [0.29, 0.717) is 5.56 Å². The van der Waals surface area contributed by atoms with Gasteiger partial charge in [-0.1, -0.05) is 29.5 Å². The molecule has 1 heterocycles. The van der Waals surface area contributed by atoms with Crippen LogP contribution in [-0.4, -0.2) is 12.6 Å². The van der Waals surface area contributed by atoms with Gasteiger partial charge >= 0.3 is 5.97 Å². The van der Waals surface area contributed by atoms with Gasteiger partial charge in [0, 0.05) is 0 Å². The second-order valence-electron chi connectivity index (χ2n) is 4.75. The summed E-state index contributed by atoms with van der Waals surface area (Å²) < 4.78 is 10.2. The fourth-order valence-electron chi connectivity index (χ4n) is 1.67. The molecule has 0 radical (unpaired) electrons. The molecule has 0 unspecified atom stereocenters. The average Bonchev–Trinajstić information content (AvgIpc) is 3.10. The summed E-state index contributed by atoms with van der Waals surface area (Å²) in [6.07, 6.45) is 8.30. The van der Waals surface area contributed by atoms with E-state index in [1.807, 2.05) is 31.2 Å². The number of allylic oxidation sites excluding steroid dienone is 2. The van der Waals surface area contributed by atoms with Crippen LogP contribution in [0.5, 0.6) is 0 Å². The van der Waals surface area contributed by atoms with Gasteiger partial charge in [0.15, 0.2) is 0 Å². The molecule has 24 heavy (non-hydrogen) atoms. The van der Waals surface area contributed by atoms with Gasteiger partial charge in [0.1, 0.15) is 12.4 Å². The van der Waals surface area contributed by atoms with Crippen molar-refractivity contribution < 1.29 is 13.9 Å². The third-order valence-corrected chi connectivity index (χ3v) is 2.88. The first-order chi connectivity index (χ1) is 11.8. The number of carbonyl (C=O) groups excluding carboxylic acids is 1. The van der Waals surface area contributed by atoms with E-state index in [2.05, 4.69) is 23.7 Å². The smallest absolute Gasteiger partial charge is 0.338 e. The fourth-order valence-corrected chi connectivity index (χ4v) is 1.67. The predicted molar refractivity (Wildman–Crippen MR) is 93.9 cm³/mol. The number of furan rings is 1. The van der Waals surface area contributed by atoms with Crippen molar-refractivity contribution in [2.75, 3.05) is 6.61 Å². The second-order valence-corrected chi connectivity index (χ2v) is 4.75. The highest BCUT2D eigenvalue weighted by atomic mass is 16.5. The van der Waals surface area contributed by atoms with Crippen LogP contribution in [0.2, 0.25) is 0 Å². The zero-order chi connectivity index (χ0) is 17.0. The molecule has 0 aliphatic carbocycles. The number of benzene rings is 1. The molecule has 2 aromatic rings. The number of aryl methyl sites for hydroxylation is 1. The van der Waals surface area contributed by atoms with E-state index >= 15 is 0 Å². The number of hydrogen-bond acceptors (Lipinski definition) is 3. The highest BCUT2D eigenvalue weighted by molar-refractivity contribution is 5.89. The van der Waals surface area contributed by atoms with Crippen molar-refractivity contribution in [3.8, 4) is 23.7 Å². The Kier molecular flexibility index (Phi) is 6.74. The van der Waals surface area contributed by atoms with Crippen molar-refractivity contribution in [2.45, 2.75) is 6.92 Å². The molecule has 0 amide bonds. The van der Waals surface area contributed by atoms with Crippen molar-refractivity contribution in [3.05, 3.63) is 77.8 Å². The van der Waals surface area contributed by atoms with Gasteiger partial charge in [-0.2, -0.15) is 0 Å². The highest BCUT2D eigenvalue weighted by Crippen LogP contribution is 2.04. The van der Waals surface area contributed by atoms with Gasteiger partial charge in [-0.15, -0.1) is 0 Å². The Morgan fingerprint density at radius 2 is 1.88 bits per heavy atom. The minimum Gasteiger partial charge on any atom is -0.465 e. The van der Waals surface area contributed by atoms with E-state index in [-0.39, 0.29) is 12.6 Å². The molecular formula is C21H16O3. The standard InChI is InChI=1S/C21H16O3/c1-18-12-14-19(15-13-18)21(22)24-16-8-6-4-2-3-5-7-10-20-11-9-17-23-20/h6-15,17H,16H2,1H3/b8-6+,10-7+. The lowest BCUT2D eigenvalue weighted by atomic mass is 10.1. The first kappa shape index (κ1) is 16.9. The lowest BCUT2D eigenvalue weighted by molar-refractivity contribution is 0.0549. The zero-order valence-electron chi connectivity index (χ0n) is 13.3. The first-order valence-corrected chi connectivity index (χ1v) is 7.35. The number of hydrogen-bond donors (Lipinski definition) is 0. The topological polar surface area (TPSA) is 39.4 Å². The molecule has 1 aromatic carbocycles. The minimum atomic E-state index is -0.351. The normalized spacial score (nSPS) is 10.0. The molecule has 0 fully saturated rings. The van der Waals surface area contributed by atoms with Crippen molar-refractivity contribution in [3.63, 3.8) is 0 Å². The Balaban J connectivity index is 1.70. The van der Waals surface area contributed by atoms with Crippen LogP contribution in [0.3, 0.4) is 0 Å². The lowest BCUT2D eigenvalue weighted by Crippen LogP contribution is -2.04. The van der Waals surface area contributed by atoms with Crippen molar-refractivity contribution >= 4 is 12.0 Å². The SMILES string of the molecule is Cc1ccc(C(=O)OC/C=C/C#CC#C/C=C/c2ccco2)cc1. The summed E-state index contributed by atoms with van der Waals surface area (Å²) in [5.41, 5.74) is 1.64. The molecule has 3 nitrogen and oxygen atoms in total. The molecule has 0 saturated heterocycles. The number of esters is 1. The van der Waals surface area contributed by atoms with Gasteiger partial charge in [0.25, 0.3) is 0 Å². The van der Waals surface area contributed by atoms with Gasteiger partial charge in [0.2, 0.25) is 0 Å². The maximum atomic E-state index is 11.7. The summed E-state index contributed by atoms with van der Waals surface area (Å²) >= 11 is 0. The molecule has 118 valence electrons. The summed E-state index contributed by atoms with van der Waals surface area (Å²) in [7, 11) is 0. The quantitative estimate of drug-likeness (QED) is 0.632. The van der Waals surface area contributed by atoms with E-state index < -0.39 is 0 Å². The minimum absolute atomic E-state index is 0.174. The van der Waals surface area contributed by atoms with Gasteiger partial charge < -0.3 is 9.15 Å². The lowest BCUT2D eigenvalue weighted by Gasteiger charge is -2.01. The molecule has 3 heteroatoms. The van der Waals surface area contributed by atoms with E-state index in [1.54, 1.807) is 42.7 Å². The van der Waals surface area contributed by atoms with E-state index in [1.165, 1.54) is 0 Å². The Labute approximate surface area is 141 Å². The third kappa shape index (κ3) is 6.13. The third-order valence-electron chi connectivity index (χ3n) is 2.88. The summed E-state index contributed by atoms with van der Waals surface area (Å²) in [4.78, 5) is 11.7. The number of ether oxygens (including phenoxy) is 1. The molecule has 1 aromatic heterocycles. The van der Waals surface area contributed by atoms with Crippen LogP contribution in [0.15, 0.2) is 65.3 Å². The van der Waals surface area contributed by atoms with E-state index in [9.17, 15) is 4.79 Å². The van der Waals surface area contributed by atoms with Crippen molar-refractivity contribution in [2.24, 2.45) is 0 Å². The molecule has 0 spiro atoms. The van der Waals surface area contributed by atoms with Crippen molar-refractivity contribution in [1.29, 1.82) is 0 Å². The van der Waals surface area contributed by atoms with Gasteiger partial charge in [0.05, 0.1) is 11.8 Å². The molecule has 0 saturated carbocycles. The average molecular weight is 316 g/mol. The molecule has 0 aliphatic rings. The van der Waals surface area contributed by atoms with Crippen LogP contribution < -0.4 is 0 Å². The van der Waals surface area contributed by atoms with Gasteiger partial charge in [-0.3, -0.25) is 0 Å². The Hall–Kier alpha value is -3.43. The van der Waals surface area contributed by atoms with E-state index in [4.69, 9.17) is 9.15 Å². The summed E-state index contributed by atoms with van der Waals surface area (Å²) in [5, 5.41) is 0. The zero-order valence-corrected chi connectivity index (χ0v) is 13.3. The van der Waals surface area contributed by atoms with Crippen LogP contribution in [0.4, 0.5) is 0 Å². The Bertz CT molecular complexity index is 830. The summed E-state index contributed by atoms with van der Waals surface area (Å²) in [5.74, 6) is 11.3. The highest BCUT2D eigenvalue weighted by Gasteiger charge is 2.04. The number of rotatable bonds is 4. The molecular weight excluding hydrogens is 300 g/mol. The van der Waals surface area contributed by atoms with E-state index in [0.717, 1.165) is 11.3 Å². The number of carbonyl (C=O) groups is 1. The van der Waals surface area contributed by atoms with Crippen LogP contribution in [0.1, 0.15) is 21.7 Å². The molecule has 0 atom stereocenters. The molecule has 0 aliphatic heterocycles. The predicted octanol–water partition coefficient (Wildman–Crippen LogP) is 4.02. The monoisotopic (exact) mass is 316 g/mol. The van der Waals surface area contributed by atoms with Crippen LogP contribution >= 0.6 is 0 Å².